The number of rotatable bonds is 4. The van der Waals surface area contributed by atoms with Crippen LogP contribution in [0, 0.1) is 6.92 Å². The van der Waals surface area contributed by atoms with Crippen LogP contribution in [0.25, 0.3) is 11.3 Å². The Kier molecular flexibility index (Phi) is 3.62. The average Bonchev–Trinajstić information content (AvgIpc) is 2.69. The van der Waals surface area contributed by atoms with E-state index in [0.717, 1.165) is 15.4 Å². The van der Waals surface area contributed by atoms with Crippen LogP contribution in [0.5, 0.6) is 5.75 Å². The number of carbonyl (C=O) groups is 1. The molecular formula is C13H13NO3S. The van der Waals surface area contributed by atoms with Gasteiger partial charge in [0.05, 0.1) is 24.2 Å². The third-order valence-corrected chi connectivity index (χ3v) is 3.45. The largest absolute Gasteiger partial charge is 0.496 e. The molecule has 0 aliphatic carbocycles. The van der Waals surface area contributed by atoms with Crippen molar-refractivity contribution in [3.05, 3.63) is 34.2 Å². The molecule has 0 unspecified atom stereocenters. The van der Waals surface area contributed by atoms with Gasteiger partial charge in [0.1, 0.15) is 5.75 Å². The van der Waals surface area contributed by atoms with Crippen molar-refractivity contribution < 1.29 is 14.6 Å². The Morgan fingerprint density at radius 1 is 1.44 bits per heavy atom. The second-order valence-corrected chi connectivity index (χ2v) is 5.06. The van der Waals surface area contributed by atoms with Crippen LogP contribution in [-0.4, -0.2) is 23.2 Å². The van der Waals surface area contributed by atoms with Gasteiger partial charge in [0.25, 0.3) is 0 Å². The molecule has 5 heteroatoms. The van der Waals surface area contributed by atoms with E-state index >= 15 is 0 Å². The second kappa shape index (κ2) is 5.18. The maximum Gasteiger partial charge on any atom is 0.308 e. The summed E-state index contributed by atoms with van der Waals surface area (Å²) < 4.78 is 5.29. The Labute approximate surface area is 109 Å². The van der Waals surface area contributed by atoms with Gasteiger partial charge in [0, 0.05) is 10.4 Å². The highest BCUT2D eigenvalue weighted by Gasteiger charge is 2.16. The van der Waals surface area contributed by atoms with E-state index in [0.29, 0.717) is 11.4 Å². The Morgan fingerprint density at radius 2 is 2.17 bits per heavy atom. The minimum atomic E-state index is -0.852. The number of nitrogens with zero attached hydrogens (tertiary/aromatic N) is 1. The SMILES string of the molecule is COc1ccccc1-c1nc(C)sc1CC(=O)O. The summed E-state index contributed by atoms with van der Waals surface area (Å²) >= 11 is 1.41. The summed E-state index contributed by atoms with van der Waals surface area (Å²) in [5.74, 6) is -0.149. The van der Waals surface area contributed by atoms with Crippen molar-refractivity contribution in [1.29, 1.82) is 0 Å². The fourth-order valence-electron chi connectivity index (χ4n) is 1.78. The smallest absolute Gasteiger partial charge is 0.308 e. The summed E-state index contributed by atoms with van der Waals surface area (Å²) in [6.07, 6.45) is -0.0150. The third-order valence-electron chi connectivity index (χ3n) is 2.48. The molecule has 0 fully saturated rings. The van der Waals surface area contributed by atoms with Crippen LogP contribution in [0.3, 0.4) is 0 Å². The van der Waals surface area contributed by atoms with Gasteiger partial charge in [-0.15, -0.1) is 11.3 Å². The lowest BCUT2D eigenvalue weighted by molar-refractivity contribution is -0.136. The second-order valence-electron chi connectivity index (χ2n) is 3.78. The summed E-state index contributed by atoms with van der Waals surface area (Å²) in [7, 11) is 1.59. The predicted molar refractivity (Wildman–Crippen MR) is 70.2 cm³/mol. The molecule has 0 aliphatic heterocycles. The number of para-hydroxylation sites is 1. The van der Waals surface area contributed by atoms with Crippen LogP contribution in [0.15, 0.2) is 24.3 Å². The first kappa shape index (κ1) is 12.6. The van der Waals surface area contributed by atoms with E-state index in [1.165, 1.54) is 11.3 Å². The fourth-order valence-corrected chi connectivity index (χ4v) is 2.72. The molecule has 0 spiro atoms. The lowest BCUT2D eigenvalue weighted by Crippen LogP contribution is -2.00. The summed E-state index contributed by atoms with van der Waals surface area (Å²) in [6, 6.07) is 7.49. The minimum Gasteiger partial charge on any atom is -0.496 e. The van der Waals surface area contributed by atoms with Crippen LogP contribution < -0.4 is 4.74 Å². The summed E-state index contributed by atoms with van der Waals surface area (Å²) in [5, 5.41) is 9.78. The van der Waals surface area contributed by atoms with Gasteiger partial charge in [0.2, 0.25) is 0 Å². The molecule has 1 N–H and O–H groups in total. The van der Waals surface area contributed by atoms with Crippen molar-refractivity contribution in [1.82, 2.24) is 4.98 Å². The molecule has 2 rings (SSSR count). The molecule has 0 aliphatic rings. The van der Waals surface area contributed by atoms with Gasteiger partial charge in [-0.05, 0) is 19.1 Å². The van der Waals surface area contributed by atoms with Crippen molar-refractivity contribution in [2.75, 3.05) is 7.11 Å². The first-order valence-electron chi connectivity index (χ1n) is 5.43. The number of aryl methyl sites for hydroxylation is 1. The fraction of sp³-hybridized carbons (Fsp3) is 0.231. The molecule has 0 saturated heterocycles. The normalized spacial score (nSPS) is 10.3. The van der Waals surface area contributed by atoms with Crippen LogP contribution >= 0.6 is 11.3 Å². The molecule has 1 heterocycles. The monoisotopic (exact) mass is 263 g/mol. The molecule has 1 aromatic heterocycles. The van der Waals surface area contributed by atoms with E-state index in [1.54, 1.807) is 7.11 Å². The number of hydrogen-bond donors (Lipinski definition) is 1. The van der Waals surface area contributed by atoms with Crippen LogP contribution in [0.2, 0.25) is 0 Å². The van der Waals surface area contributed by atoms with Crippen LogP contribution in [0.1, 0.15) is 9.88 Å². The zero-order valence-corrected chi connectivity index (χ0v) is 11.0. The van der Waals surface area contributed by atoms with Crippen molar-refractivity contribution >= 4 is 17.3 Å². The molecule has 4 nitrogen and oxygen atoms in total. The highest BCUT2D eigenvalue weighted by molar-refractivity contribution is 7.12. The van der Waals surface area contributed by atoms with Gasteiger partial charge in [-0.3, -0.25) is 4.79 Å². The molecule has 2 aromatic rings. The summed E-state index contributed by atoms with van der Waals surface area (Å²) in [6.45, 7) is 1.87. The zero-order valence-electron chi connectivity index (χ0n) is 10.1. The van der Waals surface area contributed by atoms with E-state index in [2.05, 4.69) is 4.98 Å². The lowest BCUT2D eigenvalue weighted by atomic mass is 10.1. The zero-order chi connectivity index (χ0) is 13.1. The van der Waals surface area contributed by atoms with Gasteiger partial charge >= 0.3 is 5.97 Å². The Bertz CT molecular complexity index is 577. The number of aromatic nitrogens is 1. The number of aliphatic carboxylic acids is 1. The average molecular weight is 263 g/mol. The molecule has 1 aromatic carbocycles. The van der Waals surface area contributed by atoms with Crippen LogP contribution in [0.4, 0.5) is 0 Å². The maximum atomic E-state index is 10.9. The highest BCUT2D eigenvalue weighted by atomic mass is 32.1. The van der Waals surface area contributed by atoms with Gasteiger partial charge < -0.3 is 9.84 Å². The maximum absolute atomic E-state index is 10.9. The number of benzene rings is 1. The molecule has 0 atom stereocenters. The van der Waals surface area contributed by atoms with Crippen LogP contribution in [-0.2, 0) is 11.2 Å². The van der Waals surface area contributed by atoms with Gasteiger partial charge in [-0.2, -0.15) is 0 Å². The Balaban J connectivity index is 2.52. The topological polar surface area (TPSA) is 59.4 Å². The molecule has 0 radical (unpaired) electrons. The van der Waals surface area contributed by atoms with Crippen molar-refractivity contribution in [3.8, 4) is 17.0 Å². The quantitative estimate of drug-likeness (QED) is 0.921. The van der Waals surface area contributed by atoms with E-state index < -0.39 is 5.97 Å². The molecule has 94 valence electrons. The third kappa shape index (κ3) is 2.51. The van der Waals surface area contributed by atoms with Gasteiger partial charge in [0.15, 0.2) is 0 Å². The minimum absolute atomic E-state index is 0.0150. The molecule has 0 amide bonds. The van der Waals surface area contributed by atoms with Crippen molar-refractivity contribution in [3.63, 3.8) is 0 Å². The molecule has 18 heavy (non-hydrogen) atoms. The number of thiazole rings is 1. The van der Waals surface area contributed by atoms with E-state index in [1.807, 2.05) is 31.2 Å². The molecule has 0 bridgehead atoms. The van der Waals surface area contributed by atoms with E-state index in [9.17, 15) is 4.79 Å². The number of ether oxygens (including phenoxy) is 1. The Morgan fingerprint density at radius 3 is 2.83 bits per heavy atom. The van der Waals surface area contributed by atoms with Gasteiger partial charge in [-0.25, -0.2) is 4.98 Å². The van der Waals surface area contributed by atoms with Crippen molar-refractivity contribution in [2.24, 2.45) is 0 Å². The number of methoxy groups -OCH3 is 1. The summed E-state index contributed by atoms with van der Waals surface area (Å²) in [5.41, 5.74) is 1.54. The van der Waals surface area contributed by atoms with E-state index in [-0.39, 0.29) is 6.42 Å². The first-order valence-corrected chi connectivity index (χ1v) is 6.25. The predicted octanol–water partition coefficient (Wildman–Crippen LogP) is 2.75. The Hall–Kier alpha value is -1.88. The van der Waals surface area contributed by atoms with E-state index in [4.69, 9.17) is 9.84 Å². The standard InChI is InChI=1S/C13H13NO3S/c1-8-14-13(11(18-8)7-12(15)16)9-5-3-4-6-10(9)17-2/h3-6H,7H2,1-2H3,(H,15,16). The number of hydrogen-bond acceptors (Lipinski definition) is 4. The van der Waals surface area contributed by atoms with Crippen molar-refractivity contribution in [2.45, 2.75) is 13.3 Å². The number of carboxylic acid groups (broad SMARTS) is 1. The number of carboxylic acids is 1. The molecule has 0 saturated carbocycles. The van der Waals surface area contributed by atoms with Gasteiger partial charge in [-0.1, -0.05) is 12.1 Å². The lowest BCUT2D eigenvalue weighted by Gasteiger charge is -2.07. The first-order chi connectivity index (χ1) is 8.61. The highest BCUT2D eigenvalue weighted by Crippen LogP contribution is 2.34. The summed E-state index contributed by atoms with van der Waals surface area (Å²) in [4.78, 5) is 16.0. The molecular weight excluding hydrogens is 250 g/mol.